The van der Waals surface area contributed by atoms with Crippen molar-refractivity contribution in [1.82, 2.24) is 5.32 Å². The van der Waals surface area contributed by atoms with Crippen molar-refractivity contribution in [2.75, 3.05) is 14.2 Å². The zero-order valence-corrected chi connectivity index (χ0v) is 15.3. The topological polar surface area (TPSA) is 47.6 Å². The van der Waals surface area contributed by atoms with E-state index in [0.717, 1.165) is 24.1 Å². The van der Waals surface area contributed by atoms with E-state index >= 15 is 0 Å². The first kappa shape index (κ1) is 17.5. The normalized spacial score (nSPS) is 23.2. The number of allylic oxidation sites excluding steroid dienone is 2. The van der Waals surface area contributed by atoms with Crippen LogP contribution in [-0.2, 0) is 4.74 Å². The summed E-state index contributed by atoms with van der Waals surface area (Å²) in [5.74, 6) is 0.514. The first-order chi connectivity index (χ1) is 11.9. The predicted molar refractivity (Wildman–Crippen MR) is 98.8 cm³/mol. The quantitative estimate of drug-likeness (QED) is 0.669. The molecule has 1 aliphatic carbocycles. The highest BCUT2D eigenvalue weighted by Crippen LogP contribution is 2.37. The van der Waals surface area contributed by atoms with E-state index in [-0.39, 0.29) is 17.4 Å². The van der Waals surface area contributed by atoms with E-state index in [1.165, 1.54) is 5.57 Å². The number of nitrogens with one attached hydrogen (secondary N) is 1. The number of hydrogen-bond donors (Lipinski definition) is 1. The molecule has 1 heterocycles. The van der Waals surface area contributed by atoms with E-state index in [1.54, 1.807) is 32.4 Å². The van der Waals surface area contributed by atoms with Crippen molar-refractivity contribution in [3.05, 3.63) is 64.9 Å². The SMILES string of the molecule is COc1ccccc1C(=O)/C=C1\NC(C)(C)CC2=CCC(OC)C=C21. The lowest BCUT2D eigenvalue weighted by Gasteiger charge is -2.39. The van der Waals surface area contributed by atoms with Gasteiger partial charge in [-0.3, -0.25) is 4.79 Å². The molecule has 1 unspecified atom stereocenters. The summed E-state index contributed by atoms with van der Waals surface area (Å²) in [6, 6.07) is 7.30. The maximum absolute atomic E-state index is 12.9. The molecule has 1 fully saturated rings. The molecule has 1 aliphatic heterocycles. The molecular weight excluding hydrogens is 314 g/mol. The molecule has 3 rings (SSSR count). The smallest absolute Gasteiger partial charge is 0.191 e. The maximum atomic E-state index is 12.9. The second-order valence-corrected chi connectivity index (χ2v) is 7.13. The summed E-state index contributed by atoms with van der Waals surface area (Å²) >= 11 is 0. The van der Waals surface area contributed by atoms with Crippen LogP contribution in [0.15, 0.2) is 59.3 Å². The molecule has 132 valence electrons. The number of carbonyl (C=O) groups excluding carboxylic acids is 1. The van der Waals surface area contributed by atoms with E-state index in [0.29, 0.717) is 11.3 Å². The fraction of sp³-hybridized carbons (Fsp3) is 0.381. The van der Waals surface area contributed by atoms with Gasteiger partial charge in [-0.05, 0) is 56.0 Å². The van der Waals surface area contributed by atoms with Crippen molar-refractivity contribution in [2.24, 2.45) is 0 Å². The van der Waals surface area contributed by atoms with Crippen LogP contribution in [0, 0.1) is 0 Å². The number of ether oxygens (including phenoxy) is 2. The number of piperidine rings is 1. The number of benzene rings is 1. The number of methoxy groups -OCH3 is 2. The number of para-hydroxylation sites is 1. The predicted octanol–water partition coefficient (Wildman–Crippen LogP) is 3.81. The van der Waals surface area contributed by atoms with Crippen molar-refractivity contribution < 1.29 is 14.3 Å². The van der Waals surface area contributed by atoms with Crippen LogP contribution in [0.2, 0.25) is 0 Å². The third-order valence-corrected chi connectivity index (χ3v) is 4.64. The number of rotatable bonds is 4. The molecule has 1 aromatic rings. The van der Waals surface area contributed by atoms with Gasteiger partial charge in [0, 0.05) is 24.4 Å². The zero-order valence-electron chi connectivity index (χ0n) is 15.3. The molecule has 1 aromatic carbocycles. The Kier molecular flexibility index (Phi) is 4.82. The molecule has 1 saturated heterocycles. The van der Waals surface area contributed by atoms with Gasteiger partial charge in [0.05, 0.1) is 18.8 Å². The van der Waals surface area contributed by atoms with Crippen molar-refractivity contribution in [3.8, 4) is 5.75 Å². The van der Waals surface area contributed by atoms with Gasteiger partial charge in [0.2, 0.25) is 0 Å². The largest absolute Gasteiger partial charge is 0.496 e. The highest BCUT2D eigenvalue weighted by atomic mass is 16.5. The minimum Gasteiger partial charge on any atom is -0.496 e. The fourth-order valence-electron chi connectivity index (χ4n) is 3.45. The average Bonchev–Trinajstić information content (AvgIpc) is 2.60. The molecule has 25 heavy (non-hydrogen) atoms. The molecule has 4 heteroatoms. The van der Waals surface area contributed by atoms with Crippen molar-refractivity contribution in [3.63, 3.8) is 0 Å². The van der Waals surface area contributed by atoms with E-state index in [1.807, 2.05) is 12.1 Å². The van der Waals surface area contributed by atoms with Gasteiger partial charge in [0.25, 0.3) is 0 Å². The van der Waals surface area contributed by atoms with Crippen molar-refractivity contribution in [2.45, 2.75) is 38.3 Å². The highest BCUT2D eigenvalue weighted by Gasteiger charge is 2.32. The Morgan fingerprint density at radius 1 is 1.28 bits per heavy atom. The summed E-state index contributed by atoms with van der Waals surface area (Å²) in [5, 5.41) is 3.51. The third-order valence-electron chi connectivity index (χ3n) is 4.64. The number of carbonyl (C=O) groups is 1. The lowest BCUT2D eigenvalue weighted by atomic mass is 9.80. The zero-order chi connectivity index (χ0) is 18.0. The minimum atomic E-state index is -0.101. The number of hydrogen-bond acceptors (Lipinski definition) is 4. The van der Waals surface area contributed by atoms with E-state index in [9.17, 15) is 4.79 Å². The molecular formula is C21H25NO3. The molecule has 0 aromatic heterocycles. The first-order valence-electron chi connectivity index (χ1n) is 8.55. The monoisotopic (exact) mass is 339 g/mol. The number of ketones is 1. The molecule has 2 aliphatic rings. The summed E-state index contributed by atoms with van der Waals surface area (Å²) in [6.07, 6.45) is 7.86. The Labute approximate surface area is 149 Å². The standard InChI is InChI=1S/C21H25NO3/c1-21(2)13-14-9-10-15(24-3)11-17(14)18(22-21)12-19(23)16-7-5-6-8-20(16)25-4/h5-9,11-12,15,22H,10,13H2,1-4H3/b18-12-. The van der Waals surface area contributed by atoms with Crippen LogP contribution in [0.1, 0.15) is 37.0 Å². The summed E-state index contributed by atoms with van der Waals surface area (Å²) in [7, 11) is 3.29. The molecule has 0 amide bonds. The molecule has 0 spiro atoms. The lowest BCUT2D eigenvalue weighted by Crippen LogP contribution is -2.44. The van der Waals surface area contributed by atoms with E-state index < -0.39 is 0 Å². The van der Waals surface area contributed by atoms with Crippen LogP contribution < -0.4 is 10.1 Å². The summed E-state index contributed by atoms with van der Waals surface area (Å²) in [6.45, 7) is 4.29. The Hall–Kier alpha value is -2.33. The van der Waals surface area contributed by atoms with Crippen LogP contribution in [0.5, 0.6) is 5.75 Å². The van der Waals surface area contributed by atoms with Gasteiger partial charge in [-0.1, -0.05) is 18.2 Å². The van der Waals surface area contributed by atoms with Crippen molar-refractivity contribution >= 4 is 5.78 Å². The molecule has 1 atom stereocenters. The van der Waals surface area contributed by atoms with Gasteiger partial charge in [0.1, 0.15) is 5.75 Å². The second-order valence-electron chi connectivity index (χ2n) is 7.13. The highest BCUT2D eigenvalue weighted by molar-refractivity contribution is 6.07. The first-order valence-corrected chi connectivity index (χ1v) is 8.55. The van der Waals surface area contributed by atoms with Crippen LogP contribution in [0.3, 0.4) is 0 Å². The van der Waals surface area contributed by atoms with Gasteiger partial charge < -0.3 is 14.8 Å². The van der Waals surface area contributed by atoms with E-state index in [4.69, 9.17) is 9.47 Å². The Morgan fingerprint density at radius 3 is 2.76 bits per heavy atom. The number of fused-ring (bicyclic) bond motifs is 1. The lowest BCUT2D eigenvalue weighted by molar-refractivity contribution is 0.104. The minimum absolute atomic E-state index is 0.0477. The third kappa shape index (κ3) is 3.69. The Morgan fingerprint density at radius 2 is 2.04 bits per heavy atom. The second kappa shape index (κ2) is 6.89. The molecule has 4 nitrogen and oxygen atoms in total. The molecule has 1 N–H and O–H groups in total. The molecule has 0 saturated carbocycles. The average molecular weight is 339 g/mol. The van der Waals surface area contributed by atoms with Gasteiger partial charge >= 0.3 is 0 Å². The van der Waals surface area contributed by atoms with E-state index in [2.05, 4.69) is 31.3 Å². The van der Waals surface area contributed by atoms with Crippen LogP contribution in [-0.4, -0.2) is 31.6 Å². The molecule has 0 bridgehead atoms. The van der Waals surface area contributed by atoms with Gasteiger partial charge in [0.15, 0.2) is 5.78 Å². The van der Waals surface area contributed by atoms with Crippen molar-refractivity contribution in [1.29, 1.82) is 0 Å². The van der Waals surface area contributed by atoms with Gasteiger partial charge in [-0.2, -0.15) is 0 Å². The summed E-state index contributed by atoms with van der Waals surface area (Å²) in [5.41, 5.74) is 3.65. The summed E-state index contributed by atoms with van der Waals surface area (Å²) < 4.78 is 10.8. The fourth-order valence-corrected chi connectivity index (χ4v) is 3.45. The molecule has 0 radical (unpaired) electrons. The maximum Gasteiger partial charge on any atom is 0.191 e. The van der Waals surface area contributed by atoms with Crippen LogP contribution >= 0.6 is 0 Å². The Bertz CT molecular complexity index is 771. The van der Waals surface area contributed by atoms with Gasteiger partial charge in [-0.15, -0.1) is 0 Å². The van der Waals surface area contributed by atoms with Gasteiger partial charge in [-0.25, -0.2) is 0 Å². The van der Waals surface area contributed by atoms with Crippen LogP contribution in [0.25, 0.3) is 0 Å². The van der Waals surface area contributed by atoms with Crippen LogP contribution in [0.4, 0.5) is 0 Å². The Balaban J connectivity index is 2.00. The summed E-state index contributed by atoms with van der Waals surface area (Å²) in [4.78, 5) is 12.9.